The Balaban J connectivity index is 1.20. The van der Waals surface area contributed by atoms with Crippen molar-refractivity contribution >= 4 is 11.8 Å². The van der Waals surface area contributed by atoms with Gasteiger partial charge in [-0.25, -0.2) is 0 Å². The van der Waals surface area contributed by atoms with Crippen LogP contribution in [0, 0.1) is 0 Å². The van der Waals surface area contributed by atoms with Crippen molar-refractivity contribution in [2.75, 3.05) is 52.6 Å². The van der Waals surface area contributed by atoms with Gasteiger partial charge in [-0.05, 0) is 31.2 Å². The molecule has 1 unspecified atom stereocenters. The lowest BCUT2D eigenvalue weighted by molar-refractivity contribution is -0.168. The van der Waals surface area contributed by atoms with E-state index in [-0.39, 0.29) is 30.1 Å². The zero-order chi connectivity index (χ0) is 21.5. The first kappa shape index (κ1) is 22.2. The van der Waals surface area contributed by atoms with Gasteiger partial charge < -0.3 is 24.0 Å². The second kappa shape index (κ2) is 10.6. The molecule has 0 bridgehead atoms. The van der Waals surface area contributed by atoms with E-state index < -0.39 is 0 Å². The van der Waals surface area contributed by atoms with E-state index in [1.54, 1.807) is 0 Å². The average molecular weight is 431 g/mol. The summed E-state index contributed by atoms with van der Waals surface area (Å²) in [6, 6.07) is 10.2. The standard InChI is InChI=1S/C24H34N2O5/c27-22(7-6-20-4-2-1-3-5-20)25-11-9-24(10-12-25)18-21(8-15-31-24)30-19-23(28)26-13-16-29-17-14-26/h1-5,21H,6-19H2. The average Bonchev–Trinajstić information content (AvgIpc) is 2.83. The number of ether oxygens (including phenoxy) is 3. The van der Waals surface area contributed by atoms with E-state index in [2.05, 4.69) is 12.1 Å². The Morgan fingerprint density at radius 2 is 1.68 bits per heavy atom. The topological polar surface area (TPSA) is 68.3 Å². The van der Waals surface area contributed by atoms with E-state index in [0.717, 1.165) is 45.2 Å². The van der Waals surface area contributed by atoms with Crippen LogP contribution in [0.5, 0.6) is 0 Å². The molecule has 3 aliphatic heterocycles. The normalized spacial score (nSPS) is 23.7. The maximum absolute atomic E-state index is 12.6. The largest absolute Gasteiger partial charge is 0.378 e. The molecule has 1 spiro atoms. The molecule has 1 aromatic carbocycles. The highest BCUT2D eigenvalue weighted by atomic mass is 16.5. The smallest absolute Gasteiger partial charge is 0.248 e. The number of benzene rings is 1. The minimum absolute atomic E-state index is 0.0408. The summed E-state index contributed by atoms with van der Waals surface area (Å²) in [7, 11) is 0. The van der Waals surface area contributed by atoms with Crippen LogP contribution in [0.4, 0.5) is 0 Å². The molecule has 0 aliphatic carbocycles. The van der Waals surface area contributed by atoms with Crippen LogP contribution in [0.15, 0.2) is 30.3 Å². The first-order valence-electron chi connectivity index (χ1n) is 11.6. The highest BCUT2D eigenvalue weighted by Gasteiger charge is 2.41. The number of morpholine rings is 1. The molecule has 0 radical (unpaired) electrons. The van der Waals surface area contributed by atoms with E-state index >= 15 is 0 Å². The Kier molecular flexibility index (Phi) is 7.58. The van der Waals surface area contributed by atoms with Crippen LogP contribution in [0.25, 0.3) is 0 Å². The van der Waals surface area contributed by atoms with Gasteiger partial charge in [-0.15, -0.1) is 0 Å². The van der Waals surface area contributed by atoms with Crippen molar-refractivity contribution < 1.29 is 23.8 Å². The maximum atomic E-state index is 12.6. The lowest BCUT2D eigenvalue weighted by Gasteiger charge is -2.46. The van der Waals surface area contributed by atoms with Crippen molar-refractivity contribution in [2.45, 2.75) is 50.2 Å². The molecule has 2 amide bonds. The number of carbonyl (C=O) groups excluding carboxylic acids is 2. The Labute approximate surface area is 184 Å². The number of carbonyl (C=O) groups is 2. The molecule has 31 heavy (non-hydrogen) atoms. The van der Waals surface area contributed by atoms with Crippen molar-refractivity contribution in [2.24, 2.45) is 0 Å². The van der Waals surface area contributed by atoms with E-state index in [4.69, 9.17) is 14.2 Å². The first-order chi connectivity index (χ1) is 15.1. The van der Waals surface area contributed by atoms with E-state index in [0.29, 0.717) is 39.3 Å². The number of nitrogens with zero attached hydrogens (tertiary/aromatic N) is 2. The summed E-state index contributed by atoms with van der Waals surface area (Å²) in [5, 5.41) is 0. The summed E-state index contributed by atoms with van der Waals surface area (Å²) < 4.78 is 17.5. The van der Waals surface area contributed by atoms with Gasteiger partial charge in [0.1, 0.15) is 6.61 Å². The van der Waals surface area contributed by atoms with Crippen LogP contribution < -0.4 is 0 Å². The Morgan fingerprint density at radius 3 is 2.42 bits per heavy atom. The predicted octanol–water partition coefficient (Wildman–Crippen LogP) is 2.03. The lowest BCUT2D eigenvalue weighted by Crippen LogP contribution is -2.52. The van der Waals surface area contributed by atoms with Crippen LogP contribution >= 0.6 is 0 Å². The van der Waals surface area contributed by atoms with Crippen molar-refractivity contribution in [1.29, 1.82) is 0 Å². The molecule has 3 saturated heterocycles. The fourth-order valence-corrected chi connectivity index (χ4v) is 4.78. The van der Waals surface area contributed by atoms with Crippen LogP contribution in [0.3, 0.4) is 0 Å². The minimum atomic E-state index is -0.221. The van der Waals surface area contributed by atoms with Crippen molar-refractivity contribution in [3.63, 3.8) is 0 Å². The molecule has 4 rings (SSSR count). The summed E-state index contributed by atoms with van der Waals surface area (Å²) in [4.78, 5) is 28.8. The molecule has 0 saturated carbocycles. The second-order valence-corrected chi connectivity index (χ2v) is 8.82. The van der Waals surface area contributed by atoms with Crippen molar-refractivity contribution in [3.05, 3.63) is 35.9 Å². The fraction of sp³-hybridized carbons (Fsp3) is 0.667. The molecule has 1 atom stereocenters. The van der Waals surface area contributed by atoms with E-state index in [1.807, 2.05) is 28.0 Å². The van der Waals surface area contributed by atoms with Gasteiger partial charge in [0, 0.05) is 45.6 Å². The van der Waals surface area contributed by atoms with Crippen molar-refractivity contribution in [1.82, 2.24) is 9.80 Å². The SMILES string of the molecule is O=C(CCc1ccccc1)N1CCC2(CC1)CC(OCC(=O)N1CCOCC1)CCO2. The molecule has 3 heterocycles. The third-order valence-electron chi connectivity index (χ3n) is 6.75. The molecule has 3 fully saturated rings. The third kappa shape index (κ3) is 6.05. The summed E-state index contributed by atoms with van der Waals surface area (Å²) in [5.41, 5.74) is 0.979. The number of aryl methyl sites for hydroxylation is 1. The molecule has 0 aromatic heterocycles. The monoisotopic (exact) mass is 430 g/mol. The molecule has 0 N–H and O–H groups in total. The number of hydrogen-bond donors (Lipinski definition) is 0. The Hall–Kier alpha value is -1.96. The highest BCUT2D eigenvalue weighted by molar-refractivity contribution is 5.77. The molecule has 170 valence electrons. The lowest BCUT2D eigenvalue weighted by atomic mass is 9.83. The number of rotatable bonds is 6. The van der Waals surface area contributed by atoms with Crippen LogP contribution in [-0.2, 0) is 30.2 Å². The molecular formula is C24H34N2O5. The first-order valence-corrected chi connectivity index (χ1v) is 11.6. The quantitative estimate of drug-likeness (QED) is 0.691. The zero-order valence-corrected chi connectivity index (χ0v) is 18.3. The predicted molar refractivity (Wildman–Crippen MR) is 116 cm³/mol. The van der Waals surface area contributed by atoms with Gasteiger partial charge in [0.15, 0.2) is 0 Å². The van der Waals surface area contributed by atoms with Gasteiger partial charge >= 0.3 is 0 Å². The van der Waals surface area contributed by atoms with Crippen LogP contribution in [0.2, 0.25) is 0 Å². The number of hydrogen-bond acceptors (Lipinski definition) is 5. The summed E-state index contributed by atoms with van der Waals surface area (Å²) in [6.45, 7) is 4.74. The van der Waals surface area contributed by atoms with Gasteiger partial charge in [0.05, 0.1) is 24.9 Å². The van der Waals surface area contributed by atoms with Crippen LogP contribution in [0.1, 0.15) is 37.7 Å². The van der Waals surface area contributed by atoms with Gasteiger partial charge in [-0.3, -0.25) is 9.59 Å². The summed E-state index contributed by atoms with van der Waals surface area (Å²) in [5.74, 6) is 0.265. The molecular weight excluding hydrogens is 396 g/mol. The zero-order valence-electron chi connectivity index (χ0n) is 18.3. The van der Waals surface area contributed by atoms with Gasteiger partial charge in [0.2, 0.25) is 11.8 Å². The highest BCUT2D eigenvalue weighted by Crippen LogP contribution is 2.36. The molecule has 7 heteroatoms. The summed E-state index contributed by atoms with van der Waals surface area (Å²) in [6.07, 6.45) is 4.66. The van der Waals surface area contributed by atoms with Gasteiger partial charge in [-0.2, -0.15) is 0 Å². The molecule has 3 aliphatic rings. The molecule has 1 aromatic rings. The summed E-state index contributed by atoms with van der Waals surface area (Å²) >= 11 is 0. The second-order valence-electron chi connectivity index (χ2n) is 8.82. The number of amides is 2. The van der Waals surface area contributed by atoms with Gasteiger partial charge in [-0.1, -0.05) is 30.3 Å². The van der Waals surface area contributed by atoms with Crippen molar-refractivity contribution in [3.8, 4) is 0 Å². The maximum Gasteiger partial charge on any atom is 0.248 e. The fourth-order valence-electron chi connectivity index (χ4n) is 4.78. The molecule has 7 nitrogen and oxygen atoms in total. The number of piperidine rings is 1. The van der Waals surface area contributed by atoms with Crippen LogP contribution in [-0.4, -0.2) is 85.9 Å². The minimum Gasteiger partial charge on any atom is -0.378 e. The van der Waals surface area contributed by atoms with E-state index in [1.165, 1.54) is 5.56 Å². The third-order valence-corrected chi connectivity index (χ3v) is 6.75. The van der Waals surface area contributed by atoms with E-state index in [9.17, 15) is 9.59 Å². The number of likely N-dealkylation sites (tertiary alicyclic amines) is 1. The Morgan fingerprint density at radius 1 is 0.968 bits per heavy atom. The van der Waals surface area contributed by atoms with Gasteiger partial charge in [0.25, 0.3) is 0 Å². The Bertz CT molecular complexity index is 727.